The average Bonchev–Trinajstić information content (AvgIpc) is 2.73. The summed E-state index contributed by atoms with van der Waals surface area (Å²) in [6, 6.07) is 11.3. The van der Waals surface area contributed by atoms with Gasteiger partial charge in [-0.1, -0.05) is 23.2 Å². The minimum absolute atomic E-state index is 0.0303. The summed E-state index contributed by atoms with van der Waals surface area (Å²) in [4.78, 5) is 34.4. The molecule has 0 unspecified atom stereocenters. The molecule has 0 aromatic heterocycles. The molecule has 3 rings (SSSR count). The normalized spacial score (nSPS) is 10.3. The summed E-state index contributed by atoms with van der Waals surface area (Å²) in [5, 5.41) is 23.2. The number of aliphatic carboxylic acids is 1. The summed E-state index contributed by atoms with van der Waals surface area (Å²) in [5.74, 6) is -4.38. The largest absolute Gasteiger partial charge is 0.507 e. The first-order valence-electron chi connectivity index (χ1n) is 8.75. The van der Waals surface area contributed by atoms with Crippen LogP contribution in [-0.4, -0.2) is 28.0 Å². The highest BCUT2D eigenvalue weighted by Crippen LogP contribution is 2.39. The van der Waals surface area contributed by atoms with Crippen LogP contribution < -0.4 is 15.4 Å². The van der Waals surface area contributed by atoms with Crippen LogP contribution in [0.25, 0.3) is 0 Å². The van der Waals surface area contributed by atoms with Crippen LogP contribution in [0.2, 0.25) is 10.0 Å². The molecule has 2 amide bonds. The van der Waals surface area contributed by atoms with Gasteiger partial charge in [-0.15, -0.1) is 0 Å². The van der Waals surface area contributed by atoms with Gasteiger partial charge in [0.05, 0.1) is 15.6 Å². The summed E-state index contributed by atoms with van der Waals surface area (Å²) < 4.78 is 18.6. The number of carbonyl (C=O) groups excluding carboxylic acids is 2. The van der Waals surface area contributed by atoms with Crippen LogP contribution in [-0.2, 0) is 9.59 Å². The van der Waals surface area contributed by atoms with Crippen LogP contribution in [0.1, 0.15) is 10.4 Å². The number of halogens is 3. The highest BCUT2D eigenvalue weighted by atomic mass is 35.5. The van der Waals surface area contributed by atoms with Crippen LogP contribution in [0, 0.1) is 5.82 Å². The average molecular weight is 479 g/mol. The molecule has 0 saturated heterocycles. The van der Waals surface area contributed by atoms with Gasteiger partial charge in [-0.3, -0.25) is 9.59 Å². The van der Waals surface area contributed by atoms with E-state index in [-0.39, 0.29) is 38.5 Å². The Morgan fingerprint density at radius 2 is 1.50 bits per heavy atom. The SMILES string of the molecule is O=C(O)C(=O)Nc1cc(Cl)c(Oc2ccc(O)c(C(=O)Nc3ccc(F)cc3)c2)c(Cl)c1. The number of ether oxygens (including phenoxy) is 1. The van der Waals surface area contributed by atoms with E-state index < -0.39 is 23.6 Å². The maximum atomic E-state index is 13.0. The number of amides is 2. The first kappa shape index (κ1) is 22.9. The standard InChI is InChI=1S/C21H13Cl2FN2O6/c22-15-7-12(26-20(29)21(30)31)8-16(23)18(15)32-13-5-6-17(27)14(9-13)19(28)25-11-3-1-10(24)2-4-11/h1-9,27H,(H,25,28)(H,26,29)(H,30,31). The highest BCUT2D eigenvalue weighted by Gasteiger charge is 2.18. The molecular formula is C21H13Cl2FN2O6. The van der Waals surface area contributed by atoms with Crippen LogP contribution in [0.3, 0.4) is 0 Å². The molecule has 0 atom stereocenters. The van der Waals surface area contributed by atoms with Gasteiger partial charge in [-0.25, -0.2) is 9.18 Å². The molecular weight excluding hydrogens is 466 g/mol. The lowest BCUT2D eigenvalue weighted by molar-refractivity contribution is -0.147. The predicted octanol–water partition coefficient (Wildman–Crippen LogP) is 4.91. The molecule has 0 aliphatic rings. The first-order valence-corrected chi connectivity index (χ1v) is 9.50. The monoisotopic (exact) mass is 478 g/mol. The second-order valence-electron chi connectivity index (χ2n) is 6.27. The molecule has 0 bridgehead atoms. The Morgan fingerprint density at radius 3 is 2.09 bits per heavy atom. The number of aromatic hydroxyl groups is 1. The number of anilines is 2. The van der Waals surface area contributed by atoms with Gasteiger partial charge < -0.3 is 25.6 Å². The number of carbonyl (C=O) groups is 3. The number of carboxylic acids is 1. The number of phenols is 1. The third-order valence-electron chi connectivity index (χ3n) is 3.99. The van der Waals surface area contributed by atoms with Crippen molar-refractivity contribution in [1.29, 1.82) is 0 Å². The Hall–Kier alpha value is -3.82. The van der Waals surface area contributed by atoms with Gasteiger partial charge in [0.2, 0.25) is 0 Å². The molecule has 0 saturated carbocycles. The fraction of sp³-hybridized carbons (Fsp3) is 0. The summed E-state index contributed by atoms with van der Waals surface area (Å²) >= 11 is 12.3. The van der Waals surface area contributed by atoms with Gasteiger partial charge in [0.15, 0.2) is 5.75 Å². The summed E-state index contributed by atoms with van der Waals surface area (Å²) in [6.07, 6.45) is 0. The second-order valence-corrected chi connectivity index (χ2v) is 7.08. The lowest BCUT2D eigenvalue weighted by atomic mass is 10.1. The number of rotatable bonds is 5. The molecule has 0 fully saturated rings. The molecule has 0 aliphatic carbocycles. The molecule has 0 radical (unpaired) electrons. The number of benzene rings is 3. The van der Waals surface area contributed by atoms with E-state index in [0.717, 1.165) is 0 Å². The fourth-order valence-electron chi connectivity index (χ4n) is 2.52. The zero-order valence-corrected chi connectivity index (χ0v) is 17.4. The number of hydrogen-bond acceptors (Lipinski definition) is 5. The van der Waals surface area contributed by atoms with E-state index in [1.54, 1.807) is 0 Å². The third kappa shape index (κ3) is 5.45. The van der Waals surface area contributed by atoms with Gasteiger partial charge in [0.25, 0.3) is 5.91 Å². The lowest BCUT2D eigenvalue weighted by Gasteiger charge is -2.13. The summed E-state index contributed by atoms with van der Waals surface area (Å²) in [5.41, 5.74) is 0.210. The smallest absolute Gasteiger partial charge is 0.394 e. The van der Waals surface area contributed by atoms with E-state index in [4.69, 9.17) is 33.0 Å². The van der Waals surface area contributed by atoms with E-state index in [1.807, 2.05) is 0 Å². The van der Waals surface area contributed by atoms with E-state index in [2.05, 4.69) is 10.6 Å². The Labute approximate surface area is 190 Å². The molecule has 0 heterocycles. The molecule has 3 aromatic carbocycles. The molecule has 32 heavy (non-hydrogen) atoms. The van der Waals surface area contributed by atoms with Gasteiger partial charge >= 0.3 is 11.9 Å². The van der Waals surface area contributed by atoms with E-state index in [9.17, 15) is 23.9 Å². The van der Waals surface area contributed by atoms with Crippen molar-refractivity contribution in [2.75, 3.05) is 10.6 Å². The molecule has 0 spiro atoms. The minimum atomic E-state index is -1.69. The van der Waals surface area contributed by atoms with Crippen LogP contribution in [0.5, 0.6) is 17.2 Å². The van der Waals surface area contributed by atoms with E-state index >= 15 is 0 Å². The van der Waals surface area contributed by atoms with Crippen LogP contribution >= 0.6 is 23.2 Å². The molecule has 3 aromatic rings. The van der Waals surface area contributed by atoms with E-state index in [1.165, 1.54) is 54.6 Å². The van der Waals surface area contributed by atoms with Gasteiger partial charge in [-0.05, 0) is 54.6 Å². The van der Waals surface area contributed by atoms with Gasteiger partial charge in [0.1, 0.15) is 17.3 Å². The Morgan fingerprint density at radius 1 is 0.875 bits per heavy atom. The van der Waals surface area contributed by atoms with Crippen molar-refractivity contribution in [2.24, 2.45) is 0 Å². The Kier molecular flexibility index (Phi) is 6.82. The summed E-state index contributed by atoms with van der Waals surface area (Å²) in [7, 11) is 0. The van der Waals surface area contributed by atoms with Crippen LogP contribution in [0.4, 0.5) is 15.8 Å². The zero-order valence-electron chi connectivity index (χ0n) is 15.9. The highest BCUT2D eigenvalue weighted by molar-refractivity contribution is 6.39. The number of phenolic OH excluding ortho intramolecular Hbond substituents is 1. The second kappa shape index (κ2) is 9.54. The predicted molar refractivity (Wildman–Crippen MR) is 115 cm³/mol. The summed E-state index contributed by atoms with van der Waals surface area (Å²) in [6.45, 7) is 0. The van der Waals surface area contributed by atoms with Crippen molar-refractivity contribution in [3.63, 3.8) is 0 Å². The quantitative estimate of drug-likeness (QED) is 0.386. The Balaban J connectivity index is 1.82. The molecule has 4 N–H and O–H groups in total. The van der Waals surface area contributed by atoms with Crippen molar-refractivity contribution in [1.82, 2.24) is 0 Å². The maximum absolute atomic E-state index is 13.0. The number of nitrogens with one attached hydrogen (secondary N) is 2. The molecule has 11 heteroatoms. The number of carboxylic acid groups (broad SMARTS) is 1. The fourth-order valence-corrected chi connectivity index (χ4v) is 3.09. The van der Waals surface area contributed by atoms with Gasteiger partial charge in [0, 0.05) is 11.4 Å². The Bertz CT molecular complexity index is 1190. The molecule has 164 valence electrons. The van der Waals surface area contributed by atoms with Crippen molar-refractivity contribution >= 4 is 52.4 Å². The van der Waals surface area contributed by atoms with Crippen molar-refractivity contribution < 1.29 is 33.7 Å². The minimum Gasteiger partial charge on any atom is -0.507 e. The third-order valence-corrected chi connectivity index (χ3v) is 4.55. The zero-order chi connectivity index (χ0) is 23.4. The molecule has 0 aliphatic heterocycles. The van der Waals surface area contributed by atoms with Crippen LogP contribution in [0.15, 0.2) is 54.6 Å². The number of hydrogen-bond donors (Lipinski definition) is 4. The first-order chi connectivity index (χ1) is 15.1. The molecule has 8 nitrogen and oxygen atoms in total. The maximum Gasteiger partial charge on any atom is 0.394 e. The van der Waals surface area contributed by atoms with Crippen molar-refractivity contribution in [3.05, 3.63) is 76.0 Å². The van der Waals surface area contributed by atoms with E-state index in [0.29, 0.717) is 5.69 Å². The lowest BCUT2D eigenvalue weighted by Crippen LogP contribution is -2.21. The van der Waals surface area contributed by atoms with Crippen molar-refractivity contribution in [3.8, 4) is 17.2 Å². The van der Waals surface area contributed by atoms with Crippen molar-refractivity contribution in [2.45, 2.75) is 0 Å². The van der Waals surface area contributed by atoms with Gasteiger partial charge in [-0.2, -0.15) is 0 Å². The topological polar surface area (TPSA) is 125 Å².